The maximum absolute atomic E-state index is 11.5. The van der Waals surface area contributed by atoms with Crippen molar-refractivity contribution >= 4 is 17.3 Å². The number of carbonyl (C=O) groups excluding carboxylic acids is 1. The third-order valence-electron chi connectivity index (χ3n) is 4.13. The van der Waals surface area contributed by atoms with Crippen LogP contribution >= 0.6 is 0 Å². The first kappa shape index (κ1) is 14.5. The van der Waals surface area contributed by atoms with Crippen molar-refractivity contribution in [1.29, 1.82) is 0 Å². The van der Waals surface area contributed by atoms with Crippen LogP contribution in [0.1, 0.15) is 11.1 Å². The van der Waals surface area contributed by atoms with Crippen molar-refractivity contribution in [3.8, 4) is 11.1 Å². The molecular formula is C20H17N3O. The number of nitrogens with zero attached hydrogens (tertiary/aromatic N) is 1. The second-order valence-electron chi connectivity index (χ2n) is 5.90. The number of carbonyl (C=O) groups is 1. The smallest absolute Gasteiger partial charge is 0.228 e. The van der Waals surface area contributed by atoms with Crippen molar-refractivity contribution < 1.29 is 4.79 Å². The molecule has 0 atom stereocenters. The molecule has 1 aromatic heterocycles. The van der Waals surface area contributed by atoms with Crippen LogP contribution < -0.4 is 10.6 Å². The molecule has 2 N–H and O–H groups in total. The summed E-state index contributed by atoms with van der Waals surface area (Å²) in [5.41, 5.74) is 6.27. The lowest BCUT2D eigenvalue weighted by Crippen LogP contribution is -2.03. The first-order valence-electron chi connectivity index (χ1n) is 7.94. The zero-order valence-corrected chi connectivity index (χ0v) is 13.1. The highest BCUT2D eigenvalue weighted by molar-refractivity contribution is 5.99. The Morgan fingerprint density at radius 1 is 1.00 bits per heavy atom. The van der Waals surface area contributed by atoms with Gasteiger partial charge in [-0.3, -0.25) is 9.78 Å². The number of fused-ring (bicyclic) bond motifs is 1. The number of aromatic nitrogens is 1. The number of hydrogen-bond acceptors (Lipinski definition) is 3. The molecule has 1 aliphatic heterocycles. The first-order chi connectivity index (χ1) is 11.8. The quantitative estimate of drug-likeness (QED) is 0.769. The van der Waals surface area contributed by atoms with E-state index in [-0.39, 0.29) is 5.91 Å². The predicted molar refractivity (Wildman–Crippen MR) is 95.8 cm³/mol. The van der Waals surface area contributed by atoms with Gasteiger partial charge in [0.05, 0.1) is 6.42 Å². The Hall–Kier alpha value is -3.14. The molecular weight excluding hydrogens is 298 g/mol. The summed E-state index contributed by atoms with van der Waals surface area (Å²) >= 11 is 0. The van der Waals surface area contributed by atoms with E-state index in [1.165, 1.54) is 0 Å². The molecule has 2 aromatic carbocycles. The monoisotopic (exact) mass is 315 g/mol. The number of amides is 1. The molecule has 2 heterocycles. The van der Waals surface area contributed by atoms with E-state index in [0.29, 0.717) is 13.0 Å². The Kier molecular flexibility index (Phi) is 3.71. The van der Waals surface area contributed by atoms with E-state index in [2.05, 4.69) is 21.7 Å². The molecule has 0 saturated heterocycles. The third kappa shape index (κ3) is 2.99. The summed E-state index contributed by atoms with van der Waals surface area (Å²) in [6.45, 7) is 0.715. The van der Waals surface area contributed by atoms with Crippen LogP contribution in [0.5, 0.6) is 0 Å². The van der Waals surface area contributed by atoms with Gasteiger partial charge in [0.15, 0.2) is 0 Å². The molecule has 0 saturated carbocycles. The number of rotatable bonds is 4. The molecule has 0 bridgehead atoms. The normalized spacial score (nSPS) is 12.6. The molecule has 118 valence electrons. The van der Waals surface area contributed by atoms with Crippen molar-refractivity contribution in [2.24, 2.45) is 0 Å². The predicted octanol–water partition coefficient (Wildman–Crippen LogP) is 3.86. The second-order valence-corrected chi connectivity index (χ2v) is 5.90. The van der Waals surface area contributed by atoms with Crippen molar-refractivity contribution in [1.82, 2.24) is 4.98 Å². The summed E-state index contributed by atoms with van der Waals surface area (Å²) in [6.07, 6.45) is 4.19. The van der Waals surface area contributed by atoms with E-state index in [0.717, 1.165) is 33.6 Å². The lowest BCUT2D eigenvalue weighted by molar-refractivity contribution is -0.115. The van der Waals surface area contributed by atoms with Crippen molar-refractivity contribution in [2.45, 2.75) is 13.0 Å². The summed E-state index contributed by atoms with van der Waals surface area (Å²) in [6, 6.07) is 18.3. The average Bonchev–Trinajstić information content (AvgIpc) is 3.00. The Bertz CT molecular complexity index is 890. The van der Waals surface area contributed by atoms with Gasteiger partial charge in [-0.2, -0.15) is 0 Å². The Balaban J connectivity index is 1.55. The van der Waals surface area contributed by atoms with Gasteiger partial charge in [-0.15, -0.1) is 0 Å². The topological polar surface area (TPSA) is 54.0 Å². The molecule has 1 aliphatic rings. The van der Waals surface area contributed by atoms with Gasteiger partial charge in [0.1, 0.15) is 0 Å². The first-order valence-corrected chi connectivity index (χ1v) is 7.94. The minimum Gasteiger partial charge on any atom is -0.381 e. The van der Waals surface area contributed by atoms with E-state index in [9.17, 15) is 4.79 Å². The number of pyridine rings is 1. The maximum atomic E-state index is 11.5. The summed E-state index contributed by atoms with van der Waals surface area (Å²) in [7, 11) is 0. The Morgan fingerprint density at radius 3 is 2.75 bits per heavy atom. The molecule has 0 aliphatic carbocycles. The van der Waals surface area contributed by atoms with Gasteiger partial charge < -0.3 is 10.6 Å². The molecule has 24 heavy (non-hydrogen) atoms. The molecule has 4 nitrogen and oxygen atoms in total. The Labute approximate surface area is 140 Å². The lowest BCUT2D eigenvalue weighted by atomic mass is 10.0. The highest BCUT2D eigenvalue weighted by Crippen LogP contribution is 2.29. The minimum absolute atomic E-state index is 0.0566. The van der Waals surface area contributed by atoms with E-state index in [1.807, 2.05) is 60.9 Å². The zero-order valence-electron chi connectivity index (χ0n) is 13.1. The highest BCUT2D eigenvalue weighted by Gasteiger charge is 2.17. The van der Waals surface area contributed by atoms with Gasteiger partial charge in [0, 0.05) is 35.9 Å². The largest absolute Gasteiger partial charge is 0.381 e. The molecule has 3 aromatic rings. The van der Waals surface area contributed by atoms with Gasteiger partial charge in [0.25, 0.3) is 0 Å². The third-order valence-corrected chi connectivity index (χ3v) is 4.13. The fourth-order valence-electron chi connectivity index (χ4n) is 2.90. The van der Waals surface area contributed by atoms with E-state index in [1.54, 1.807) is 0 Å². The van der Waals surface area contributed by atoms with Crippen LogP contribution in [0, 0.1) is 0 Å². The maximum Gasteiger partial charge on any atom is 0.228 e. The molecule has 0 unspecified atom stereocenters. The van der Waals surface area contributed by atoms with E-state index >= 15 is 0 Å². The van der Waals surface area contributed by atoms with Gasteiger partial charge in [0.2, 0.25) is 5.91 Å². The van der Waals surface area contributed by atoms with Crippen LogP contribution in [0.4, 0.5) is 11.4 Å². The zero-order chi connectivity index (χ0) is 16.4. The number of benzene rings is 2. The van der Waals surface area contributed by atoms with Gasteiger partial charge in [-0.05, 0) is 41.0 Å². The van der Waals surface area contributed by atoms with E-state index < -0.39 is 0 Å². The fraction of sp³-hybridized carbons (Fsp3) is 0.100. The van der Waals surface area contributed by atoms with Crippen LogP contribution in [-0.2, 0) is 17.8 Å². The minimum atomic E-state index is 0.0566. The fourth-order valence-corrected chi connectivity index (χ4v) is 2.90. The molecule has 1 amide bonds. The lowest BCUT2D eigenvalue weighted by Gasteiger charge is -2.09. The number of para-hydroxylation sites is 1. The molecule has 4 rings (SSSR count). The van der Waals surface area contributed by atoms with Crippen LogP contribution in [0.3, 0.4) is 0 Å². The molecule has 0 fully saturated rings. The van der Waals surface area contributed by atoms with Crippen LogP contribution in [0.15, 0.2) is 67.0 Å². The standard InChI is InChI=1S/C20H17N3O/c24-20-10-16-7-6-15(9-19(16)23-20)17-8-14(11-21-13-17)12-22-18-4-2-1-3-5-18/h1-9,11,13,22H,10,12H2,(H,23,24). The number of nitrogens with one attached hydrogen (secondary N) is 2. The summed E-state index contributed by atoms with van der Waals surface area (Å²) in [4.78, 5) is 15.8. The van der Waals surface area contributed by atoms with E-state index in [4.69, 9.17) is 0 Å². The molecule has 0 spiro atoms. The van der Waals surface area contributed by atoms with Crippen LogP contribution in [0.25, 0.3) is 11.1 Å². The average molecular weight is 315 g/mol. The SMILES string of the molecule is O=C1Cc2ccc(-c3cncc(CNc4ccccc4)c3)cc2N1. The van der Waals surface area contributed by atoms with Gasteiger partial charge >= 0.3 is 0 Å². The van der Waals surface area contributed by atoms with Crippen molar-refractivity contribution in [3.05, 3.63) is 78.1 Å². The molecule has 0 radical (unpaired) electrons. The van der Waals surface area contributed by atoms with Crippen molar-refractivity contribution in [2.75, 3.05) is 10.6 Å². The summed E-state index contributed by atoms with van der Waals surface area (Å²) in [5.74, 6) is 0.0566. The number of anilines is 2. The second kappa shape index (κ2) is 6.16. The summed E-state index contributed by atoms with van der Waals surface area (Å²) in [5, 5.41) is 6.29. The Morgan fingerprint density at radius 2 is 1.88 bits per heavy atom. The number of hydrogen-bond donors (Lipinski definition) is 2. The highest BCUT2D eigenvalue weighted by atomic mass is 16.1. The van der Waals surface area contributed by atoms with Crippen LogP contribution in [-0.4, -0.2) is 10.9 Å². The summed E-state index contributed by atoms with van der Waals surface area (Å²) < 4.78 is 0. The van der Waals surface area contributed by atoms with Gasteiger partial charge in [-0.1, -0.05) is 30.3 Å². The van der Waals surface area contributed by atoms with Gasteiger partial charge in [-0.25, -0.2) is 0 Å². The molecule has 4 heteroatoms. The van der Waals surface area contributed by atoms with Crippen molar-refractivity contribution in [3.63, 3.8) is 0 Å². The van der Waals surface area contributed by atoms with Crippen LogP contribution in [0.2, 0.25) is 0 Å².